The van der Waals surface area contributed by atoms with Gasteiger partial charge < -0.3 is 14.4 Å². The van der Waals surface area contributed by atoms with Gasteiger partial charge in [0.2, 0.25) is 0 Å². The lowest BCUT2D eigenvalue weighted by Crippen LogP contribution is -2.36. The van der Waals surface area contributed by atoms with Gasteiger partial charge in [0.1, 0.15) is 24.3 Å². The van der Waals surface area contributed by atoms with Crippen LogP contribution in [-0.2, 0) is 10.9 Å². The van der Waals surface area contributed by atoms with Crippen LogP contribution in [0.3, 0.4) is 0 Å². The minimum absolute atomic E-state index is 0.349. The zero-order valence-corrected chi connectivity index (χ0v) is 26.7. The van der Waals surface area contributed by atoms with Crippen LogP contribution >= 0.6 is 7.72 Å². The zero-order chi connectivity index (χ0) is 28.8. The molecule has 2 aromatic carbocycles. The number of hydrogen-bond donors (Lipinski definition) is 1. The third kappa shape index (κ3) is 9.36. The fraction of sp³-hybridized carbons (Fsp3) is 0.647. The van der Waals surface area contributed by atoms with Crippen molar-refractivity contribution in [3.8, 4) is 11.5 Å². The van der Waals surface area contributed by atoms with Crippen LogP contribution in [-0.4, -0.2) is 51.1 Å². The minimum atomic E-state index is -2.34. The molecule has 222 valence electrons. The molecule has 1 unspecified atom stereocenters. The second-order valence-corrected chi connectivity index (χ2v) is 16.0. The number of benzene rings is 2. The molecule has 5 nitrogen and oxygen atoms in total. The van der Waals surface area contributed by atoms with Crippen LogP contribution < -0.4 is 14.4 Å². The van der Waals surface area contributed by atoms with Gasteiger partial charge in [-0.1, -0.05) is 39.0 Å². The minimum Gasteiger partial charge on any atom is -0.497 e. The Balaban J connectivity index is 1.32. The largest absolute Gasteiger partial charge is 0.497 e. The summed E-state index contributed by atoms with van der Waals surface area (Å²) in [7, 11) is -0.582. The van der Waals surface area contributed by atoms with Crippen molar-refractivity contribution in [2.45, 2.75) is 78.6 Å². The van der Waals surface area contributed by atoms with Crippen molar-refractivity contribution in [2.24, 2.45) is 17.3 Å². The molecular formula is C34H53NO4P+. The third-order valence-electron chi connectivity index (χ3n) is 8.53. The molecule has 2 aliphatic rings. The highest BCUT2D eigenvalue weighted by molar-refractivity contribution is 7.64. The normalized spacial score (nSPS) is 18.8. The molecular weight excluding hydrogens is 517 g/mol. The summed E-state index contributed by atoms with van der Waals surface area (Å²) in [4.78, 5) is 13.4. The SMILES string of the molecule is CCO[P+](C)(O)C[C@H](c1cccc(OCC2CCN(c3cc(OC)ccc3CCCC(C)(C)C)CC2)c1)C1CC1. The van der Waals surface area contributed by atoms with E-state index >= 15 is 0 Å². The molecule has 1 aliphatic carbocycles. The molecule has 1 heterocycles. The van der Waals surface area contributed by atoms with Crippen LogP contribution in [0.5, 0.6) is 11.5 Å². The van der Waals surface area contributed by atoms with E-state index in [0.717, 1.165) is 56.6 Å². The summed E-state index contributed by atoms with van der Waals surface area (Å²) >= 11 is 0. The van der Waals surface area contributed by atoms with Gasteiger partial charge in [0.05, 0.1) is 20.3 Å². The van der Waals surface area contributed by atoms with E-state index in [2.05, 4.69) is 68.1 Å². The number of piperidine rings is 1. The van der Waals surface area contributed by atoms with Crippen molar-refractivity contribution < 1.29 is 18.9 Å². The monoisotopic (exact) mass is 570 g/mol. The van der Waals surface area contributed by atoms with Crippen LogP contribution in [0.4, 0.5) is 5.69 Å². The first-order valence-corrected chi connectivity index (χ1v) is 17.7. The second kappa shape index (κ2) is 13.9. The van der Waals surface area contributed by atoms with Crippen molar-refractivity contribution in [1.29, 1.82) is 0 Å². The third-order valence-corrected chi connectivity index (χ3v) is 10.4. The maximum Gasteiger partial charge on any atom is 0.269 e. The summed E-state index contributed by atoms with van der Waals surface area (Å²) in [5, 5.41) is 0. The molecule has 0 amide bonds. The maximum absolute atomic E-state index is 10.8. The topological polar surface area (TPSA) is 51.2 Å². The van der Waals surface area contributed by atoms with E-state index in [1.807, 2.05) is 13.6 Å². The standard InChI is InChI=1S/C34H53NO4P/c1-7-39-40(6,36)25-32(27-13-14-27)29-10-8-12-31(22-29)38-24-26-17-20-35(21-18-26)33-23-30(37-5)16-15-28(33)11-9-19-34(2,3)4/h8,10,12,15-16,22-23,26-27,32,36H,7,9,11,13-14,17-21,24-25H2,1-6H3/q+1/t32-,40?/m0/s1. The van der Waals surface area contributed by atoms with Crippen LogP contribution in [0.1, 0.15) is 83.3 Å². The van der Waals surface area contributed by atoms with Gasteiger partial charge in [-0.15, -0.1) is 0 Å². The van der Waals surface area contributed by atoms with Crippen molar-refractivity contribution in [1.82, 2.24) is 0 Å². The van der Waals surface area contributed by atoms with Crippen LogP contribution in [0, 0.1) is 17.3 Å². The summed E-state index contributed by atoms with van der Waals surface area (Å²) in [6.45, 7) is 14.3. The molecule has 2 aromatic rings. The number of anilines is 1. The van der Waals surface area contributed by atoms with Crippen molar-refractivity contribution in [3.63, 3.8) is 0 Å². The first-order valence-electron chi connectivity index (χ1n) is 15.4. The number of ether oxygens (including phenoxy) is 2. The number of methoxy groups -OCH3 is 1. The average molecular weight is 571 g/mol. The highest BCUT2D eigenvalue weighted by atomic mass is 31.2. The first-order chi connectivity index (χ1) is 19.1. The molecule has 1 N–H and O–H groups in total. The lowest BCUT2D eigenvalue weighted by molar-refractivity contribution is 0.222. The molecule has 1 saturated carbocycles. The van der Waals surface area contributed by atoms with E-state index in [1.165, 1.54) is 42.5 Å². The van der Waals surface area contributed by atoms with E-state index < -0.39 is 7.72 Å². The van der Waals surface area contributed by atoms with Crippen molar-refractivity contribution >= 4 is 13.4 Å². The van der Waals surface area contributed by atoms with Gasteiger partial charge in [0, 0.05) is 30.8 Å². The molecule has 2 atom stereocenters. The van der Waals surface area contributed by atoms with Gasteiger partial charge in [0.15, 0.2) is 0 Å². The summed E-state index contributed by atoms with van der Waals surface area (Å²) in [5.41, 5.74) is 4.43. The van der Waals surface area contributed by atoms with Gasteiger partial charge >= 0.3 is 0 Å². The fourth-order valence-corrected chi connectivity index (χ4v) is 8.00. The Kier molecular flexibility index (Phi) is 10.8. The molecule has 2 fully saturated rings. The predicted molar refractivity (Wildman–Crippen MR) is 169 cm³/mol. The molecule has 40 heavy (non-hydrogen) atoms. The van der Waals surface area contributed by atoms with E-state index in [4.69, 9.17) is 14.0 Å². The number of rotatable bonds is 14. The molecule has 1 saturated heterocycles. The lowest BCUT2D eigenvalue weighted by Gasteiger charge is -2.35. The summed E-state index contributed by atoms with van der Waals surface area (Å²) in [5.74, 6) is 3.45. The quantitative estimate of drug-likeness (QED) is 0.231. The first kappa shape index (κ1) is 31.1. The Morgan fingerprint density at radius 1 is 1.02 bits per heavy atom. The Labute approximate surface area is 244 Å². The zero-order valence-electron chi connectivity index (χ0n) is 25.8. The van der Waals surface area contributed by atoms with Crippen molar-refractivity contribution in [2.75, 3.05) is 51.1 Å². The van der Waals surface area contributed by atoms with Gasteiger partial charge in [-0.2, -0.15) is 0 Å². The van der Waals surface area contributed by atoms with E-state index in [1.54, 1.807) is 7.11 Å². The molecule has 4 rings (SSSR count). The Bertz CT molecular complexity index is 1070. The number of nitrogens with zero attached hydrogens (tertiary/aromatic N) is 1. The van der Waals surface area contributed by atoms with E-state index in [0.29, 0.717) is 29.8 Å². The molecule has 0 radical (unpaired) electrons. The number of aryl methyl sites for hydroxylation is 1. The van der Waals surface area contributed by atoms with E-state index in [-0.39, 0.29) is 0 Å². The highest BCUT2D eigenvalue weighted by Crippen LogP contribution is 2.58. The average Bonchev–Trinajstić information content (AvgIpc) is 3.76. The molecule has 1 aliphatic heterocycles. The van der Waals surface area contributed by atoms with Gasteiger partial charge in [-0.05, 0) is 98.4 Å². The van der Waals surface area contributed by atoms with Gasteiger partial charge in [-0.3, -0.25) is 0 Å². The molecule has 0 spiro atoms. The summed E-state index contributed by atoms with van der Waals surface area (Å²) < 4.78 is 17.7. The fourth-order valence-electron chi connectivity index (χ4n) is 6.10. The highest BCUT2D eigenvalue weighted by Gasteiger charge is 2.42. The van der Waals surface area contributed by atoms with Crippen LogP contribution in [0.25, 0.3) is 0 Å². The van der Waals surface area contributed by atoms with E-state index in [9.17, 15) is 4.89 Å². The molecule has 0 aromatic heterocycles. The Hall–Kier alpha value is -1.81. The predicted octanol–water partition coefficient (Wildman–Crippen LogP) is 8.36. The van der Waals surface area contributed by atoms with Gasteiger partial charge in [0.25, 0.3) is 7.72 Å². The Morgan fingerprint density at radius 3 is 2.42 bits per heavy atom. The maximum atomic E-state index is 10.8. The number of hydrogen-bond acceptors (Lipinski definition) is 5. The summed E-state index contributed by atoms with van der Waals surface area (Å²) in [6.07, 6.45) is 9.02. The summed E-state index contributed by atoms with van der Waals surface area (Å²) in [6, 6.07) is 15.2. The molecule has 0 bridgehead atoms. The van der Waals surface area contributed by atoms with Crippen LogP contribution in [0.2, 0.25) is 0 Å². The van der Waals surface area contributed by atoms with Crippen molar-refractivity contribution in [3.05, 3.63) is 53.6 Å². The Morgan fingerprint density at radius 2 is 1.77 bits per heavy atom. The second-order valence-electron chi connectivity index (χ2n) is 13.3. The van der Waals surface area contributed by atoms with Gasteiger partial charge in [-0.25, -0.2) is 9.42 Å². The smallest absolute Gasteiger partial charge is 0.269 e. The van der Waals surface area contributed by atoms with Crippen LogP contribution in [0.15, 0.2) is 42.5 Å². The molecule has 6 heteroatoms. The lowest BCUT2D eigenvalue weighted by atomic mass is 9.88.